The van der Waals surface area contributed by atoms with E-state index < -0.39 is 17.1 Å². The van der Waals surface area contributed by atoms with Crippen LogP contribution in [-0.2, 0) is 6.42 Å². The number of hydrogen-bond acceptors (Lipinski definition) is 5. The molecule has 0 heterocycles. The van der Waals surface area contributed by atoms with Gasteiger partial charge in [-0.25, -0.2) is 4.79 Å². The third-order valence-corrected chi connectivity index (χ3v) is 10.5. The lowest BCUT2D eigenvalue weighted by atomic mass is 9.64. The van der Waals surface area contributed by atoms with Crippen LogP contribution < -0.4 is 10.1 Å². The zero-order valence-electron chi connectivity index (χ0n) is 28.3. The van der Waals surface area contributed by atoms with E-state index in [4.69, 9.17) is 4.74 Å². The summed E-state index contributed by atoms with van der Waals surface area (Å²) in [5.41, 5.74) is 3.17. The number of rotatable bonds is 8. The van der Waals surface area contributed by atoms with Gasteiger partial charge in [0.25, 0.3) is 0 Å². The first-order chi connectivity index (χ1) is 22.6. The van der Waals surface area contributed by atoms with Gasteiger partial charge in [0.1, 0.15) is 5.75 Å². The van der Waals surface area contributed by atoms with Gasteiger partial charge in [-0.15, -0.1) is 0 Å². The number of amides is 2. The molecule has 250 valence electrons. The number of aliphatic hydroxyl groups is 2. The Morgan fingerprint density at radius 3 is 2.47 bits per heavy atom. The van der Waals surface area contributed by atoms with Crippen molar-refractivity contribution in [2.24, 2.45) is 5.41 Å². The minimum atomic E-state index is -1.19. The molecule has 2 amide bonds. The molecule has 2 bridgehead atoms. The number of fused-ring (bicyclic) bond motifs is 8. The monoisotopic (exact) mass is 638 g/mol. The number of aliphatic hydroxyl groups excluding tert-OH is 1. The second-order valence-corrected chi connectivity index (χ2v) is 13.7. The van der Waals surface area contributed by atoms with Crippen LogP contribution in [0.3, 0.4) is 0 Å². The van der Waals surface area contributed by atoms with Crippen molar-refractivity contribution in [1.29, 1.82) is 0 Å². The van der Waals surface area contributed by atoms with E-state index in [1.807, 2.05) is 61.5 Å². The molecular formula is C40H50N2O5. The fraction of sp³-hybridized carbons (Fsp3) is 0.450. The van der Waals surface area contributed by atoms with Crippen molar-refractivity contribution in [3.05, 3.63) is 107 Å². The van der Waals surface area contributed by atoms with Crippen molar-refractivity contribution in [2.45, 2.75) is 89.8 Å². The average Bonchev–Trinajstić information content (AvgIpc) is 3.32. The summed E-state index contributed by atoms with van der Waals surface area (Å²) < 4.78 is 5.26. The zero-order valence-corrected chi connectivity index (χ0v) is 28.3. The summed E-state index contributed by atoms with van der Waals surface area (Å²) in [5.74, 6) is 0.544. The Morgan fingerprint density at radius 2 is 1.77 bits per heavy atom. The number of methoxy groups -OCH3 is 1. The van der Waals surface area contributed by atoms with Gasteiger partial charge in [0.05, 0.1) is 25.4 Å². The summed E-state index contributed by atoms with van der Waals surface area (Å²) in [5, 5.41) is 26.6. The van der Waals surface area contributed by atoms with E-state index in [1.165, 1.54) is 5.57 Å². The van der Waals surface area contributed by atoms with Crippen molar-refractivity contribution in [3.63, 3.8) is 0 Å². The number of urea groups is 1. The van der Waals surface area contributed by atoms with Crippen molar-refractivity contribution in [1.82, 2.24) is 4.90 Å². The van der Waals surface area contributed by atoms with Crippen molar-refractivity contribution >= 4 is 17.5 Å². The van der Waals surface area contributed by atoms with Crippen LogP contribution in [0.15, 0.2) is 84.4 Å². The van der Waals surface area contributed by atoms with E-state index in [9.17, 15) is 19.8 Å². The standard InChI is InChI=1S/C40H50N2O5/c1-5-24-42(38(45)41-31-15-18-33(47-4)19-16-31)27-40(46)23-21-36-34-20-14-29(26-35(34)37(44)30-11-7-6-8-12-30)25-32(43)17-13-28(2)10-9-22-39(36,40)3/h6-8,10-12,14-16,18-20,26,32,36,43,46H,5,9,13,17,21-25,27H2,1-4H3,(H,41,45)/t32-,36-,39-,40+/m0/s1. The largest absolute Gasteiger partial charge is 0.497 e. The Labute approximate surface area is 279 Å². The number of nitrogens with zero attached hydrogens (tertiary/aromatic N) is 1. The van der Waals surface area contributed by atoms with Gasteiger partial charge in [0.2, 0.25) is 0 Å². The third kappa shape index (κ3) is 7.63. The molecule has 3 aliphatic rings. The molecule has 0 aromatic heterocycles. The molecule has 3 aromatic carbocycles. The predicted octanol–water partition coefficient (Wildman–Crippen LogP) is 7.91. The molecule has 3 aromatic rings. The number of hydrogen-bond donors (Lipinski definition) is 3. The fourth-order valence-corrected chi connectivity index (χ4v) is 7.66. The predicted molar refractivity (Wildman–Crippen MR) is 187 cm³/mol. The maximum absolute atomic E-state index is 14.1. The Balaban J connectivity index is 1.53. The van der Waals surface area contributed by atoms with Gasteiger partial charge in [0, 0.05) is 28.8 Å². The number of allylic oxidation sites excluding steroid dienone is 2. The first kappa shape index (κ1) is 34.4. The lowest BCUT2D eigenvalue weighted by molar-refractivity contribution is -0.0763. The third-order valence-electron chi connectivity index (χ3n) is 10.5. The topological polar surface area (TPSA) is 99.1 Å². The minimum Gasteiger partial charge on any atom is -0.497 e. The molecule has 4 atom stereocenters. The second-order valence-electron chi connectivity index (χ2n) is 13.7. The van der Waals surface area contributed by atoms with Gasteiger partial charge in [0.15, 0.2) is 5.78 Å². The molecule has 0 unspecified atom stereocenters. The molecule has 6 rings (SSSR count). The van der Waals surface area contributed by atoms with Crippen LogP contribution in [0.2, 0.25) is 0 Å². The van der Waals surface area contributed by atoms with E-state index in [2.05, 4.69) is 31.3 Å². The number of nitrogens with one attached hydrogen (secondary N) is 1. The number of anilines is 1. The van der Waals surface area contributed by atoms with E-state index in [1.54, 1.807) is 24.1 Å². The highest BCUT2D eigenvalue weighted by atomic mass is 16.5. The normalized spacial score (nSPS) is 24.5. The molecule has 7 nitrogen and oxygen atoms in total. The lowest BCUT2D eigenvalue weighted by Crippen LogP contribution is -2.54. The highest BCUT2D eigenvalue weighted by Crippen LogP contribution is 2.59. The molecule has 3 N–H and O–H groups in total. The zero-order chi connectivity index (χ0) is 33.6. The Morgan fingerprint density at radius 1 is 1.02 bits per heavy atom. The first-order valence-electron chi connectivity index (χ1n) is 17.1. The van der Waals surface area contributed by atoms with Crippen LogP contribution in [-0.4, -0.2) is 58.8 Å². The molecule has 0 spiro atoms. The highest BCUT2D eigenvalue weighted by Gasteiger charge is 2.57. The summed E-state index contributed by atoms with van der Waals surface area (Å²) in [6, 6.07) is 22.4. The van der Waals surface area contributed by atoms with Crippen LogP contribution in [0.25, 0.3) is 0 Å². The summed E-state index contributed by atoms with van der Waals surface area (Å²) in [6.45, 7) is 6.98. The Bertz CT molecular complexity index is 1570. The highest BCUT2D eigenvalue weighted by molar-refractivity contribution is 6.10. The van der Waals surface area contributed by atoms with Crippen molar-refractivity contribution in [3.8, 4) is 5.75 Å². The van der Waals surface area contributed by atoms with Gasteiger partial charge >= 0.3 is 6.03 Å². The summed E-state index contributed by atoms with van der Waals surface area (Å²) in [6.07, 6.45) is 7.03. The minimum absolute atomic E-state index is 0.0518. The van der Waals surface area contributed by atoms with Gasteiger partial charge in [-0.3, -0.25) is 4.79 Å². The summed E-state index contributed by atoms with van der Waals surface area (Å²) in [4.78, 5) is 29.6. The first-order valence-corrected chi connectivity index (χ1v) is 17.1. The SMILES string of the molecule is CCCN(C[C@]1(O)CC[C@H]2c3ccc(cc3C(=O)c3ccccc3)C[C@@H](O)CCC(C)=CCC[C@@]21C)C(=O)Nc1ccc(OC)cc1. The maximum Gasteiger partial charge on any atom is 0.321 e. The van der Waals surface area contributed by atoms with Crippen LogP contribution in [0, 0.1) is 5.41 Å². The van der Waals surface area contributed by atoms with Gasteiger partial charge in [-0.2, -0.15) is 0 Å². The van der Waals surface area contributed by atoms with Crippen molar-refractivity contribution in [2.75, 3.05) is 25.5 Å². The van der Waals surface area contributed by atoms with Gasteiger partial charge < -0.3 is 25.2 Å². The average molecular weight is 639 g/mol. The number of ketones is 1. The van der Waals surface area contributed by atoms with Crippen LogP contribution in [0.4, 0.5) is 10.5 Å². The second kappa shape index (κ2) is 14.9. The Hall–Kier alpha value is -3.94. The van der Waals surface area contributed by atoms with Crippen LogP contribution in [0.5, 0.6) is 5.75 Å². The molecule has 1 saturated carbocycles. The molecule has 0 radical (unpaired) electrons. The summed E-state index contributed by atoms with van der Waals surface area (Å²) in [7, 11) is 1.61. The molecule has 0 aliphatic heterocycles. The quantitative estimate of drug-likeness (QED) is 0.172. The number of ether oxygens (including phenoxy) is 1. The lowest BCUT2D eigenvalue weighted by Gasteiger charge is -2.46. The van der Waals surface area contributed by atoms with Crippen LogP contribution >= 0.6 is 0 Å². The molecule has 47 heavy (non-hydrogen) atoms. The number of benzene rings is 3. The van der Waals surface area contributed by atoms with Gasteiger partial charge in [-0.05, 0) is 106 Å². The van der Waals surface area contributed by atoms with E-state index in [-0.39, 0.29) is 24.3 Å². The summed E-state index contributed by atoms with van der Waals surface area (Å²) >= 11 is 0. The Kier molecular flexibility index (Phi) is 10.9. The molecule has 1 fully saturated rings. The van der Waals surface area contributed by atoms with E-state index in [0.29, 0.717) is 61.2 Å². The number of carbonyl (C=O) groups is 2. The molecule has 0 saturated heterocycles. The number of carbonyl (C=O) groups excluding carboxylic acids is 2. The van der Waals surface area contributed by atoms with Crippen LogP contribution in [0.1, 0.15) is 98.7 Å². The maximum atomic E-state index is 14.1. The van der Waals surface area contributed by atoms with Crippen molar-refractivity contribution < 1.29 is 24.5 Å². The van der Waals surface area contributed by atoms with E-state index >= 15 is 0 Å². The van der Waals surface area contributed by atoms with E-state index in [0.717, 1.165) is 30.4 Å². The molecule has 3 aliphatic carbocycles. The molecule has 7 heteroatoms. The smallest absolute Gasteiger partial charge is 0.321 e. The fourth-order valence-electron chi connectivity index (χ4n) is 7.66. The van der Waals surface area contributed by atoms with Gasteiger partial charge in [-0.1, -0.05) is 68.0 Å². The molecular weight excluding hydrogens is 588 g/mol.